The number of halogens is 2. The molecule has 0 aromatic heterocycles. The lowest BCUT2D eigenvalue weighted by molar-refractivity contribution is -0.145. The molecule has 1 aromatic carbocycles. The number of aliphatic hydroxyl groups is 1. The van der Waals surface area contributed by atoms with Gasteiger partial charge in [0, 0.05) is 36.4 Å². The molecular weight excluding hydrogens is 380 g/mol. The molecule has 0 fully saturated rings. The zero-order valence-corrected chi connectivity index (χ0v) is 15.4. The Morgan fingerprint density at radius 1 is 1.52 bits per heavy atom. The van der Waals surface area contributed by atoms with Crippen LogP contribution >= 0.6 is 12.2 Å². The maximum Gasteiger partial charge on any atom is 0.332 e. The van der Waals surface area contributed by atoms with Crippen molar-refractivity contribution in [3.63, 3.8) is 0 Å². The van der Waals surface area contributed by atoms with E-state index in [4.69, 9.17) is 32.9 Å². The maximum atomic E-state index is 13.7. The number of rotatable bonds is 4. The molecule has 2 aliphatic rings. The number of nitrogens with zero attached hydrogens (tertiary/aromatic N) is 2. The molecule has 1 radical (unpaired) electrons. The summed E-state index contributed by atoms with van der Waals surface area (Å²) in [7, 11) is 0. The highest BCUT2D eigenvalue weighted by molar-refractivity contribution is 7.80. The zero-order valence-electron chi connectivity index (χ0n) is 14.6. The number of ether oxygens (including phenoxy) is 1. The number of fused-ring (bicyclic) bond motifs is 1. The van der Waals surface area contributed by atoms with Gasteiger partial charge in [0.05, 0.1) is 6.04 Å². The Balaban J connectivity index is 0.000000380. The van der Waals surface area contributed by atoms with Gasteiger partial charge in [0.2, 0.25) is 0 Å². The van der Waals surface area contributed by atoms with E-state index in [9.17, 15) is 13.6 Å². The second-order valence-corrected chi connectivity index (χ2v) is 6.36. The van der Waals surface area contributed by atoms with Crippen molar-refractivity contribution in [1.29, 1.82) is 0 Å². The molecule has 2 unspecified atom stereocenters. The summed E-state index contributed by atoms with van der Waals surface area (Å²) in [6.45, 7) is 1.95. The Morgan fingerprint density at radius 3 is 2.78 bits per heavy atom. The van der Waals surface area contributed by atoms with Crippen LogP contribution in [0.2, 0.25) is 0 Å². The molecule has 0 bridgehead atoms. The molecule has 27 heavy (non-hydrogen) atoms. The van der Waals surface area contributed by atoms with Crippen LogP contribution < -0.4 is 15.8 Å². The van der Waals surface area contributed by atoms with Gasteiger partial charge in [-0.2, -0.15) is 0 Å². The van der Waals surface area contributed by atoms with E-state index >= 15 is 0 Å². The van der Waals surface area contributed by atoms with E-state index in [1.54, 1.807) is 6.20 Å². The second kappa shape index (κ2) is 9.07. The molecule has 2 aliphatic heterocycles. The number of carboxylic acids is 1. The van der Waals surface area contributed by atoms with Crippen molar-refractivity contribution in [3.8, 4) is 5.75 Å². The Hall–Kier alpha value is -2.30. The van der Waals surface area contributed by atoms with Gasteiger partial charge < -0.3 is 25.6 Å². The van der Waals surface area contributed by atoms with Crippen LogP contribution in [0, 0.1) is 11.6 Å². The number of hydrogen-bond donors (Lipinski definition) is 3. The van der Waals surface area contributed by atoms with Gasteiger partial charge in [0.25, 0.3) is 0 Å². The first-order chi connectivity index (χ1) is 12.7. The first-order valence-electron chi connectivity index (χ1n) is 8.19. The fraction of sp³-hybridized carbons (Fsp3) is 0.412. The molecule has 0 amide bonds. The number of benzene rings is 1. The summed E-state index contributed by atoms with van der Waals surface area (Å²) in [5.41, 5.74) is 7.00. The molecular formula is C17H20F2N3O4S. The fourth-order valence-electron chi connectivity index (χ4n) is 2.69. The molecule has 4 N–H and O–H groups in total. The van der Waals surface area contributed by atoms with E-state index in [0.29, 0.717) is 30.1 Å². The van der Waals surface area contributed by atoms with Crippen LogP contribution in [0.5, 0.6) is 5.75 Å². The minimum absolute atomic E-state index is 0.124. The smallest absolute Gasteiger partial charge is 0.332 e. The molecule has 2 heterocycles. The van der Waals surface area contributed by atoms with E-state index < -0.39 is 23.7 Å². The van der Waals surface area contributed by atoms with Gasteiger partial charge in [-0.05, 0) is 31.8 Å². The van der Waals surface area contributed by atoms with E-state index in [1.807, 2.05) is 4.90 Å². The normalized spacial score (nSPS) is 19.1. The molecule has 1 aromatic rings. The van der Waals surface area contributed by atoms with Crippen LogP contribution in [0.25, 0.3) is 0 Å². The number of aliphatic hydroxyl groups excluding tert-OH is 1. The average Bonchev–Trinajstić information content (AvgIpc) is 2.95. The number of thiocarbonyl (C=S) groups is 1. The summed E-state index contributed by atoms with van der Waals surface area (Å²) in [4.78, 5) is 11.3. The Bertz CT molecular complexity index is 758. The van der Waals surface area contributed by atoms with Gasteiger partial charge in [-0.3, -0.25) is 0 Å². The van der Waals surface area contributed by atoms with Gasteiger partial charge in [0.1, 0.15) is 18.5 Å². The molecule has 10 heteroatoms. The zero-order chi connectivity index (χ0) is 20.1. The summed E-state index contributed by atoms with van der Waals surface area (Å²) >= 11 is 5.23. The van der Waals surface area contributed by atoms with Gasteiger partial charge in [-0.25, -0.2) is 18.9 Å². The summed E-state index contributed by atoms with van der Waals surface area (Å²) in [5, 5.41) is 20.3. The highest BCUT2D eigenvalue weighted by atomic mass is 32.1. The summed E-state index contributed by atoms with van der Waals surface area (Å²) in [5.74, 6) is -2.34. The highest BCUT2D eigenvalue weighted by Gasteiger charge is 2.33. The van der Waals surface area contributed by atoms with Crippen molar-refractivity contribution in [3.05, 3.63) is 41.2 Å². The SMILES string of the molecule is CC(O)C(=O)O.NCCC1=C[N]C(=S)N1C1COc2c(F)cc(F)cc2C1. The van der Waals surface area contributed by atoms with Crippen molar-refractivity contribution in [1.82, 2.24) is 10.2 Å². The summed E-state index contributed by atoms with van der Waals surface area (Å²) in [6, 6.07) is 2.00. The summed E-state index contributed by atoms with van der Waals surface area (Å²) in [6.07, 6.45) is 1.55. The average molecular weight is 400 g/mol. The Morgan fingerprint density at radius 2 is 2.19 bits per heavy atom. The van der Waals surface area contributed by atoms with Crippen LogP contribution in [0.15, 0.2) is 24.0 Å². The first kappa shape index (κ1) is 21.0. The molecule has 0 saturated carbocycles. The van der Waals surface area contributed by atoms with Crippen LogP contribution in [-0.4, -0.2) is 51.5 Å². The predicted octanol–water partition coefficient (Wildman–Crippen LogP) is 1.12. The number of carboxylic acid groups (broad SMARTS) is 1. The quantitative estimate of drug-likeness (QED) is 0.650. The third kappa shape index (κ3) is 5.12. The van der Waals surface area contributed by atoms with Crippen LogP contribution in [0.3, 0.4) is 0 Å². The topological polar surface area (TPSA) is 110 Å². The first-order valence-corrected chi connectivity index (χ1v) is 8.60. The number of hydrogen-bond acceptors (Lipinski definition) is 5. The van der Waals surface area contributed by atoms with Crippen LogP contribution in [0.1, 0.15) is 18.9 Å². The molecule has 0 saturated heterocycles. The van der Waals surface area contributed by atoms with Crippen molar-refractivity contribution in [2.75, 3.05) is 13.2 Å². The third-order valence-electron chi connectivity index (χ3n) is 3.92. The number of carbonyl (C=O) groups is 1. The lowest BCUT2D eigenvalue weighted by Gasteiger charge is -2.34. The van der Waals surface area contributed by atoms with Gasteiger partial charge in [-0.1, -0.05) is 0 Å². The second-order valence-electron chi connectivity index (χ2n) is 6.00. The lowest BCUT2D eigenvalue weighted by atomic mass is 10.0. The van der Waals surface area contributed by atoms with E-state index in [2.05, 4.69) is 5.32 Å². The van der Waals surface area contributed by atoms with Gasteiger partial charge in [0.15, 0.2) is 16.7 Å². The predicted molar refractivity (Wildman–Crippen MR) is 97.0 cm³/mol. The van der Waals surface area contributed by atoms with Crippen LogP contribution in [-0.2, 0) is 11.2 Å². The van der Waals surface area contributed by atoms with Crippen molar-refractivity contribution in [2.45, 2.75) is 31.9 Å². The Labute approximate surface area is 160 Å². The van der Waals surface area contributed by atoms with Crippen LogP contribution in [0.4, 0.5) is 8.78 Å². The number of nitrogens with two attached hydrogens (primary N) is 1. The minimum Gasteiger partial charge on any atom is -0.488 e. The number of aliphatic carboxylic acids is 1. The maximum absolute atomic E-state index is 13.7. The molecule has 0 aliphatic carbocycles. The molecule has 147 valence electrons. The fourth-order valence-corrected chi connectivity index (χ4v) is 3.00. The van der Waals surface area contributed by atoms with Gasteiger partial charge >= 0.3 is 5.97 Å². The van der Waals surface area contributed by atoms with Gasteiger partial charge in [-0.15, -0.1) is 0 Å². The molecule has 3 rings (SSSR count). The molecule has 7 nitrogen and oxygen atoms in total. The van der Waals surface area contributed by atoms with E-state index in [0.717, 1.165) is 11.8 Å². The third-order valence-corrected chi connectivity index (χ3v) is 4.23. The molecule has 2 atom stereocenters. The standard InChI is InChI=1S/C14H14F2N3OS.C3H6O3/c15-9-3-8-4-11(7-20-13(8)12(16)5-9)19-10(1-2-17)6-18-14(19)21;1-2(4)3(5)6/h3,5-6,11H,1-2,4,7,17H2;2,4H,1H3,(H,5,6). The molecule has 0 spiro atoms. The van der Waals surface area contributed by atoms with E-state index in [1.165, 1.54) is 13.0 Å². The van der Waals surface area contributed by atoms with Crippen molar-refractivity contribution < 1.29 is 28.5 Å². The highest BCUT2D eigenvalue weighted by Crippen LogP contribution is 2.32. The minimum atomic E-state index is -1.23. The van der Waals surface area contributed by atoms with Crippen molar-refractivity contribution in [2.24, 2.45) is 5.73 Å². The van der Waals surface area contributed by atoms with Crippen molar-refractivity contribution >= 4 is 23.3 Å². The van der Waals surface area contributed by atoms with E-state index in [-0.39, 0.29) is 18.4 Å². The monoisotopic (exact) mass is 400 g/mol. The summed E-state index contributed by atoms with van der Waals surface area (Å²) < 4.78 is 32.5. The lowest BCUT2D eigenvalue weighted by Crippen LogP contribution is -2.44. The largest absolute Gasteiger partial charge is 0.488 e. The Kier molecular flexibility index (Phi) is 7.05.